The third kappa shape index (κ3) is 2.82. The van der Waals surface area contributed by atoms with Crippen molar-refractivity contribution in [1.82, 2.24) is 4.72 Å². The lowest BCUT2D eigenvalue weighted by Gasteiger charge is -2.48. The van der Waals surface area contributed by atoms with E-state index in [1.54, 1.807) is 0 Å². The fourth-order valence-electron chi connectivity index (χ4n) is 2.02. The Bertz CT molecular complexity index is 606. The highest BCUT2D eigenvalue weighted by Crippen LogP contribution is 2.44. The van der Waals surface area contributed by atoms with Crippen LogP contribution in [0.2, 0.25) is 0 Å². The molecule has 19 heavy (non-hydrogen) atoms. The van der Waals surface area contributed by atoms with Gasteiger partial charge in [-0.05, 0) is 30.0 Å². The summed E-state index contributed by atoms with van der Waals surface area (Å²) in [5, 5.41) is -0.0741. The van der Waals surface area contributed by atoms with Crippen molar-refractivity contribution < 1.29 is 12.8 Å². The molecule has 0 spiro atoms. The smallest absolute Gasteiger partial charge is 0.207 e. The van der Waals surface area contributed by atoms with Gasteiger partial charge in [-0.3, -0.25) is 0 Å². The van der Waals surface area contributed by atoms with Crippen LogP contribution in [0, 0.1) is 11.2 Å². The Kier molecular flexibility index (Phi) is 3.99. The number of hydrogen-bond acceptors (Lipinski definition) is 2. The van der Waals surface area contributed by atoms with Gasteiger partial charge >= 0.3 is 0 Å². The van der Waals surface area contributed by atoms with Crippen LogP contribution in [0.5, 0.6) is 0 Å². The Balaban J connectivity index is 2.25. The molecule has 2 unspecified atom stereocenters. The predicted octanol–water partition coefficient (Wildman–Crippen LogP) is 3.27. The van der Waals surface area contributed by atoms with Gasteiger partial charge in [-0.2, -0.15) is 0 Å². The maximum Gasteiger partial charge on any atom is 0.243 e. The minimum atomic E-state index is -3.87. The van der Waals surface area contributed by atoms with Gasteiger partial charge in [0, 0.05) is 15.9 Å². The van der Waals surface area contributed by atoms with Gasteiger partial charge in [0.25, 0.3) is 0 Å². The molecule has 0 aromatic heterocycles. The number of rotatable bonds is 3. The van der Waals surface area contributed by atoms with E-state index in [9.17, 15) is 12.8 Å². The lowest BCUT2D eigenvalue weighted by molar-refractivity contribution is 0.137. The molecule has 0 radical (unpaired) electrons. The van der Waals surface area contributed by atoms with E-state index in [1.165, 1.54) is 12.1 Å². The van der Waals surface area contributed by atoms with E-state index in [1.807, 2.05) is 13.8 Å². The normalized spacial score (nSPS) is 25.9. The molecular weight excluding hydrogens is 357 g/mol. The van der Waals surface area contributed by atoms with Crippen LogP contribution in [-0.2, 0) is 10.0 Å². The summed E-state index contributed by atoms with van der Waals surface area (Å²) in [5.41, 5.74) is -0.333. The summed E-state index contributed by atoms with van der Waals surface area (Å²) in [4.78, 5) is -0.343. The van der Waals surface area contributed by atoms with Crippen LogP contribution in [0.1, 0.15) is 20.3 Å². The third-order valence-corrected chi connectivity index (χ3v) is 6.37. The molecule has 7 heteroatoms. The lowest BCUT2D eigenvalue weighted by atomic mass is 9.67. The first-order chi connectivity index (χ1) is 8.64. The number of halogens is 3. The molecule has 1 aromatic carbocycles. The van der Waals surface area contributed by atoms with Crippen molar-refractivity contribution in [2.24, 2.45) is 5.41 Å². The van der Waals surface area contributed by atoms with Crippen LogP contribution in [0.4, 0.5) is 4.39 Å². The summed E-state index contributed by atoms with van der Waals surface area (Å²) in [6, 6.07) is 3.59. The van der Waals surface area contributed by atoms with Gasteiger partial charge in [-0.25, -0.2) is 17.5 Å². The molecule has 0 aliphatic heterocycles. The summed E-state index contributed by atoms with van der Waals surface area (Å²) < 4.78 is 41.0. The van der Waals surface area contributed by atoms with Crippen molar-refractivity contribution in [3.63, 3.8) is 0 Å². The quantitative estimate of drug-likeness (QED) is 0.830. The summed E-state index contributed by atoms with van der Waals surface area (Å²) in [7, 11) is -3.87. The fraction of sp³-hybridized carbons (Fsp3) is 0.500. The van der Waals surface area contributed by atoms with Crippen molar-refractivity contribution in [1.29, 1.82) is 0 Å². The molecule has 0 heterocycles. The molecular formula is C12H14BrClFNO2S. The van der Waals surface area contributed by atoms with Crippen molar-refractivity contribution >= 4 is 37.6 Å². The highest BCUT2D eigenvalue weighted by atomic mass is 79.9. The van der Waals surface area contributed by atoms with Crippen LogP contribution < -0.4 is 4.72 Å². The van der Waals surface area contributed by atoms with E-state index in [2.05, 4.69) is 20.7 Å². The highest BCUT2D eigenvalue weighted by Gasteiger charge is 2.48. The van der Waals surface area contributed by atoms with Crippen LogP contribution in [0.15, 0.2) is 27.6 Å². The Hall–Kier alpha value is -0.170. The van der Waals surface area contributed by atoms with Crippen molar-refractivity contribution in [3.8, 4) is 0 Å². The molecule has 1 aliphatic carbocycles. The van der Waals surface area contributed by atoms with Gasteiger partial charge in [0.2, 0.25) is 10.0 Å². The van der Waals surface area contributed by atoms with E-state index >= 15 is 0 Å². The molecule has 1 saturated carbocycles. The monoisotopic (exact) mass is 369 g/mol. The average Bonchev–Trinajstić information content (AvgIpc) is 2.27. The van der Waals surface area contributed by atoms with Crippen molar-refractivity contribution in [2.75, 3.05) is 0 Å². The number of nitrogens with one attached hydrogen (secondary N) is 1. The van der Waals surface area contributed by atoms with Crippen LogP contribution in [0.25, 0.3) is 0 Å². The first kappa shape index (κ1) is 15.2. The minimum absolute atomic E-state index is 0.0741. The molecule has 1 aliphatic rings. The van der Waals surface area contributed by atoms with Gasteiger partial charge in [-0.1, -0.05) is 29.8 Å². The highest BCUT2D eigenvalue weighted by molar-refractivity contribution is 9.10. The minimum Gasteiger partial charge on any atom is -0.207 e. The molecule has 1 fully saturated rings. The van der Waals surface area contributed by atoms with Crippen LogP contribution >= 0.6 is 27.5 Å². The largest absolute Gasteiger partial charge is 0.243 e. The van der Waals surface area contributed by atoms with Gasteiger partial charge in [0.15, 0.2) is 0 Å². The zero-order valence-electron chi connectivity index (χ0n) is 10.5. The zero-order chi connectivity index (χ0) is 14.4. The second-order valence-electron chi connectivity index (χ2n) is 5.27. The number of benzene rings is 1. The fourth-order valence-corrected chi connectivity index (χ4v) is 4.14. The Labute approximate surface area is 125 Å². The maximum atomic E-state index is 13.7. The summed E-state index contributed by atoms with van der Waals surface area (Å²) in [5.74, 6) is -0.776. The second-order valence-corrected chi connectivity index (χ2v) is 8.40. The first-order valence-corrected chi connectivity index (χ1v) is 8.47. The number of hydrogen-bond donors (Lipinski definition) is 1. The van der Waals surface area contributed by atoms with Gasteiger partial charge in [-0.15, -0.1) is 11.6 Å². The van der Waals surface area contributed by atoms with Crippen LogP contribution in [0.3, 0.4) is 0 Å². The molecule has 106 valence electrons. The van der Waals surface area contributed by atoms with Crippen molar-refractivity contribution in [3.05, 3.63) is 28.5 Å². The van der Waals surface area contributed by atoms with Gasteiger partial charge in [0.1, 0.15) is 10.7 Å². The molecule has 0 bridgehead atoms. The molecule has 0 saturated heterocycles. The number of alkyl halides is 1. The van der Waals surface area contributed by atoms with Gasteiger partial charge in [0.05, 0.1) is 0 Å². The molecule has 1 N–H and O–H groups in total. The molecule has 1 aromatic rings. The Morgan fingerprint density at radius 2 is 2.11 bits per heavy atom. The van der Waals surface area contributed by atoms with E-state index < -0.39 is 15.8 Å². The second kappa shape index (κ2) is 4.98. The summed E-state index contributed by atoms with van der Waals surface area (Å²) >= 11 is 9.14. The van der Waals surface area contributed by atoms with E-state index in [0.717, 1.165) is 6.07 Å². The standard InChI is InChI=1S/C12H14BrClFNO2S/c1-12(2)10(14)6-11(12)16-19(17,18)9-4-3-7(13)5-8(9)15/h3-5,10-11,16H,6H2,1-2H3. The van der Waals surface area contributed by atoms with Crippen LogP contribution in [-0.4, -0.2) is 19.8 Å². The van der Waals surface area contributed by atoms with E-state index in [0.29, 0.717) is 10.9 Å². The summed E-state index contributed by atoms with van der Waals surface area (Å²) in [6.07, 6.45) is 0.548. The van der Waals surface area contributed by atoms with Gasteiger partial charge < -0.3 is 0 Å². The zero-order valence-corrected chi connectivity index (χ0v) is 13.6. The lowest BCUT2D eigenvalue weighted by Crippen LogP contribution is -2.59. The molecule has 2 atom stereocenters. The van der Waals surface area contributed by atoms with E-state index in [4.69, 9.17) is 11.6 Å². The van der Waals surface area contributed by atoms with Crippen molar-refractivity contribution in [2.45, 2.75) is 36.6 Å². The maximum absolute atomic E-state index is 13.7. The summed E-state index contributed by atoms with van der Waals surface area (Å²) in [6.45, 7) is 3.78. The molecule has 3 nitrogen and oxygen atoms in total. The Morgan fingerprint density at radius 3 is 2.58 bits per heavy atom. The first-order valence-electron chi connectivity index (χ1n) is 5.76. The predicted molar refractivity (Wildman–Crippen MR) is 76.2 cm³/mol. The average molecular weight is 371 g/mol. The molecule has 0 amide bonds. The SMILES string of the molecule is CC1(C)C(Cl)CC1NS(=O)(=O)c1ccc(Br)cc1F. The molecule has 2 rings (SSSR count). The van der Waals surface area contributed by atoms with E-state index in [-0.39, 0.29) is 21.7 Å². The Morgan fingerprint density at radius 1 is 1.47 bits per heavy atom. The third-order valence-electron chi connectivity index (χ3n) is 3.63. The number of sulfonamides is 1. The topological polar surface area (TPSA) is 46.2 Å².